The highest BCUT2D eigenvalue weighted by Crippen LogP contribution is 2.67. The SMILES string of the molecule is CC(=O)O[C@@H]1CC2=CC[C@H]3[C@@H]4CC[C@H]([C@H](C)COS(=O)(=O)c5ccccc5)[C@@]4(C)CC[C@@H]3[C@@]2(C)[C@@H](OC(C)=O)C1. The second-order valence-corrected chi connectivity index (χ2v) is 14.8. The maximum Gasteiger partial charge on any atom is 0.302 e. The second kappa shape index (κ2) is 10.9. The molecule has 0 saturated heterocycles. The van der Waals surface area contributed by atoms with Crippen molar-refractivity contribution in [3.8, 4) is 0 Å². The molecule has 7 nitrogen and oxygen atoms in total. The fourth-order valence-corrected chi connectivity index (χ4v) is 10.3. The highest BCUT2D eigenvalue weighted by Gasteiger charge is 2.62. The molecule has 0 spiro atoms. The van der Waals surface area contributed by atoms with Gasteiger partial charge in [-0.3, -0.25) is 13.8 Å². The minimum atomic E-state index is -3.78. The van der Waals surface area contributed by atoms with Crippen LogP contribution in [0.4, 0.5) is 0 Å². The van der Waals surface area contributed by atoms with Crippen molar-refractivity contribution in [3.63, 3.8) is 0 Å². The molecule has 0 radical (unpaired) electrons. The van der Waals surface area contributed by atoms with Crippen LogP contribution < -0.4 is 0 Å². The van der Waals surface area contributed by atoms with Crippen molar-refractivity contribution in [2.75, 3.05) is 6.61 Å². The van der Waals surface area contributed by atoms with Crippen LogP contribution in [0.25, 0.3) is 0 Å². The van der Waals surface area contributed by atoms with Gasteiger partial charge in [0.2, 0.25) is 0 Å². The summed E-state index contributed by atoms with van der Waals surface area (Å²) in [6, 6.07) is 8.35. The van der Waals surface area contributed by atoms with E-state index in [1.165, 1.54) is 19.4 Å². The van der Waals surface area contributed by atoms with Gasteiger partial charge in [-0.25, -0.2) is 0 Å². The van der Waals surface area contributed by atoms with Gasteiger partial charge in [-0.1, -0.05) is 50.6 Å². The van der Waals surface area contributed by atoms with Crippen molar-refractivity contribution in [2.45, 2.75) is 96.7 Å². The third-order valence-corrected chi connectivity index (χ3v) is 12.3. The highest BCUT2D eigenvalue weighted by atomic mass is 32.2. The van der Waals surface area contributed by atoms with Crippen LogP contribution in [-0.4, -0.2) is 39.2 Å². The van der Waals surface area contributed by atoms with Crippen LogP contribution in [0.1, 0.15) is 79.6 Å². The molecule has 5 rings (SSSR count). The van der Waals surface area contributed by atoms with Gasteiger partial charge in [0.05, 0.1) is 11.5 Å². The number of carbonyl (C=O) groups is 2. The Labute approximate surface area is 239 Å². The molecule has 3 saturated carbocycles. The third-order valence-electron chi connectivity index (χ3n) is 11.0. The number of hydrogen-bond acceptors (Lipinski definition) is 7. The molecule has 1 aromatic carbocycles. The lowest BCUT2D eigenvalue weighted by atomic mass is 9.46. The van der Waals surface area contributed by atoms with Crippen molar-refractivity contribution in [1.82, 2.24) is 0 Å². The summed E-state index contributed by atoms with van der Waals surface area (Å²) in [5.41, 5.74) is 1.10. The van der Waals surface area contributed by atoms with Crippen LogP contribution in [-0.2, 0) is 33.4 Å². The zero-order chi connectivity index (χ0) is 28.9. The quantitative estimate of drug-likeness (QED) is 0.222. The molecule has 0 bridgehead atoms. The number of esters is 2. The van der Waals surface area contributed by atoms with Crippen LogP contribution in [0.3, 0.4) is 0 Å². The predicted molar refractivity (Wildman–Crippen MR) is 150 cm³/mol. The molecule has 0 unspecified atom stereocenters. The van der Waals surface area contributed by atoms with E-state index in [4.69, 9.17) is 13.7 Å². The topological polar surface area (TPSA) is 96.0 Å². The Kier molecular flexibility index (Phi) is 7.99. The molecule has 0 amide bonds. The summed E-state index contributed by atoms with van der Waals surface area (Å²) < 4.78 is 42.7. The van der Waals surface area contributed by atoms with Crippen LogP contribution in [0.5, 0.6) is 0 Å². The Morgan fingerprint density at radius 1 is 1.00 bits per heavy atom. The number of fused-ring (bicyclic) bond motifs is 5. The summed E-state index contributed by atoms with van der Waals surface area (Å²) in [7, 11) is -3.78. The molecule has 1 aromatic rings. The standard InChI is InChI=1S/C32H44O7S/c1-20(19-37-40(35,36)25-9-7-6-8-10-25)27-13-14-28-26-12-11-23-17-24(38-21(2)33)18-30(39-22(3)34)32(23,5)29(26)15-16-31(27,28)4/h6-11,20,24,26-30H,12-19H2,1-5H3/t20-,24-,26+,27-,28+,29+,30+,31-,32+/m1/s1. The molecular weight excluding hydrogens is 528 g/mol. The van der Waals surface area contributed by atoms with Gasteiger partial charge >= 0.3 is 11.9 Å². The Bertz CT molecular complexity index is 1260. The molecule has 0 aromatic heterocycles. The number of ether oxygens (including phenoxy) is 2. The van der Waals surface area contributed by atoms with Crippen molar-refractivity contribution in [3.05, 3.63) is 42.0 Å². The van der Waals surface area contributed by atoms with E-state index < -0.39 is 10.1 Å². The molecule has 4 aliphatic rings. The average Bonchev–Trinajstić information content (AvgIpc) is 3.25. The molecule has 40 heavy (non-hydrogen) atoms. The summed E-state index contributed by atoms with van der Waals surface area (Å²) in [6.45, 7) is 9.90. The first kappa shape index (κ1) is 29.3. The smallest absolute Gasteiger partial charge is 0.302 e. The second-order valence-electron chi connectivity index (χ2n) is 13.2. The van der Waals surface area contributed by atoms with Crippen LogP contribution in [0.15, 0.2) is 46.9 Å². The summed E-state index contributed by atoms with van der Waals surface area (Å²) in [6.07, 6.45) is 8.25. The number of allylic oxidation sites excluding steroid dienone is 1. The van der Waals surface area contributed by atoms with E-state index in [0.717, 1.165) is 32.1 Å². The van der Waals surface area contributed by atoms with Crippen LogP contribution >= 0.6 is 0 Å². The zero-order valence-electron chi connectivity index (χ0n) is 24.4. The van der Waals surface area contributed by atoms with Gasteiger partial charge in [0.15, 0.2) is 0 Å². The molecule has 3 fully saturated rings. The molecule has 8 heteroatoms. The molecule has 220 valence electrons. The van der Waals surface area contributed by atoms with E-state index in [2.05, 4.69) is 26.8 Å². The van der Waals surface area contributed by atoms with Gasteiger partial charge in [0.25, 0.3) is 10.1 Å². The summed E-state index contributed by atoms with van der Waals surface area (Å²) >= 11 is 0. The normalized spacial score (nSPS) is 37.8. The fourth-order valence-electron chi connectivity index (χ4n) is 9.30. The lowest BCUT2D eigenvalue weighted by molar-refractivity contribution is -0.172. The minimum absolute atomic E-state index is 0.105. The summed E-state index contributed by atoms with van der Waals surface area (Å²) in [5.74, 6) is 1.28. The fraction of sp³-hybridized carbons (Fsp3) is 0.688. The lowest BCUT2D eigenvalue weighted by Crippen LogP contribution is -2.57. The summed E-state index contributed by atoms with van der Waals surface area (Å²) in [5, 5.41) is 0. The predicted octanol–water partition coefficient (Wildman–Crippen LogP) is 6.08. The van der Waals surface area contributed by atoms with Crippen LogP contribution in [0, 0.1) is 40.4 Å². The van der Waals surface area contributed by atoms with Crippen molar-refractivity contribution in [2.24, 2.45) is 40.4 Å². The molecule has 4 aliphatic carbocycles. The van der Waals surface area contributed by atoms with Gasteiger partial charge in [-0.05, 0) is 79.2 Å². The lowest BCUT2D eigenvalue weighted by Gasteiger charge is -2.60. The van der Waals surface area contributed by atoms with Crippen LogP contribution in [0.2, 0.25) is 0 Å². The molecule has 0 heterocycles. The van der Waals surface area contributed by atoms with Gasteiger partial charge in [-0.2, -0.15) is 8.42 Å². The van der Waals surface area contributed by atoms with Gasteiger partial charge in [-0.15, -0.1) is 0 Å². The first-order valence-corrected chi connectivity index (χ1v) is 16.3. The molecular formula is C32H44O7S. The van der Waals surface area contributed by atoms with E-state index in [9.17, 15) is 18.0 Å². The van der Waals surface area contributed by atoms with Gasteiger partial charge < -0.3 is 9.47 Å². The minimum Gasteiger partial charge on any atom is -0.462 e. The third kappa shape index (κ3) is 5.15. The van der Waals surface area contributed by atoms with E-state index in [1.807, 2.05) is 0 Å². The number of carbonyl (C=O) groups excluding carboxylic acids is 2. The molecule has 0 aliphatic heterocycles. The Morgan fingerprint density at radius 2 is 1.70 bits per heavy atom. The molecule has 9 atom stereocenters. The van der Waals surface area contributed by atoms with Crippen molar-refractivity contribution >= 4 is 22.1 Å². The summed E-state index contributed by atoms with van der Waals surface area (Å²) in [4.78, 5) is 24.1. The first-order valence-electron chi connectivity index (χ1n) is 14.8. The monoisotopic (exact) mass is 572 g/mol. The zero-order valence-corrected chi connectivity index (χ0v) is 25.2. The number of benzene rings is 1. The highest BCUT2D eigenvalue weighted by molar-refractivity contribution is 7.86. The Hall–Kier alpha value is -2.19. The van der Waals surface area contributed by atoms with E-state index >= 15 is 0 Å². The average molecular weight is 573 g/mol. The Morgan fingerprint density at radius 3 is 2.38 bits per heavy atom. The number of rotatable bonds is 7. The van der Waals surface area contributed by atoms with Gasteiger partial charge in [0, 0.05) is 32.1 Å². The van der Waals surface area contributed by atoms with E-state index in [0.29, 0.717) is 36.5 Å². The maximum atomic E-state index is 12.8. The van der Waals surface area contributed by atoms with E-state index in [-0.39, 0.29) is 52.4 Å². The van der Waals surface area contributed by atoms with E-state index in [1.54, 1.807) is 30.3 Å². The van der Waals surface area contributed by atoms with Crippen molar-refractivity contribution in [1.29, 1.82) is 0 Å². The Balaban J connectivity index is 1.34. The van der Waals surface area contributed by atoms with Crippen molar-refractivity contribution < 1.29 is 31.7 Å². The maximum absolute atomic E-state index is 12.8. The first-order chi connectivity index (χ1) is 18.9. The molecule has 0 N–H and O–H groups in total. The number of hydrogen-bond donors (Lipinski definition) is 0. The largest absolute Gasteiger partial charge is 0.462 e. The van der Waals surface area contributed by atoms with Gasteiger partial charge in [0.1, 0.15) is 12.2 Å².